The van der Waals surface area contributed by atoms with Crippen LogP contribution in [0.2, 0.25) is 0 Å². The number of aromatic nitrogens is 5. The van der Waals surface area contributed by atoms with E-state index in [1.807, 2.05) is 11.2 Å². The molecular formula is C31H35F2N9O3S. The van der Waals surface area contributed by atoms with Crippen molar-refractivity contribution in [2.75, 3.05) is 37.8 Å². The number of nitrogens with zero attached hydrogens (tertiary/aromatic N) is 7. The highest BCUT2D eigenvalue weighted by Gasteiger charge is 2.30. The number of carbonyl (C=O) groups is 2. The van der Waals surface area contributed by atoms with Crippen LogP contribution in [0.5, 0.6) is 5.75 Å². The first kappa shape index (κ1) is 31.6. The van der Waals surface area contributed by atoms with E-state index in [9.17, 15) is 18.4 Å². The third-order valence-corrected chi connectivity index (χ3v) is 9.37. The number of halogens is 2. The summed E-state index contributed by atoms with van der Waals surface area (Å²) in [5.74, 6) is -0.384. The summed E-state index contributed by atoms with van der Waals surface area (Å²) in [5.41, 5.74) is 1.20. The zero-order valence-electron chi connectivity index (χ0n) is 25.3. The Morgan fingerprint density at radius 2 is 1.96 bits per heavy atom. The van der Waals surface area contributed by atoms with Crippen LogP contribution in [0.15, 0.2) is 53.9 Å². The lowest BCUT2D eigenvalue weighted by atomic mass is 9.86. The van der Waals surface area contributed by atoms with Crippen molar-refractivity contribution in [2.24, 2.45) is 5.92 Å². The van der Waals surface area contributed by atoms with E-state index < -0.39 is 12.5 Å². The maximum atomic E-state index is 13.4. The number of amides is 2. The Bertz CT molecular complexity index is 1710. The van der Waals surface area contributed by atoms with Gasteiger partial charge in [-0.1, -0.05) is 0 Å². The summed E-state index contributed by atoms with van der Waals surface area (Å²) in [7, 11) is 0. The summed E-state index contributed by atoms with van der Waals surface area (Å²) in [6.07, 6.45) is 13.8. The topological polar surface area (TPSA) is 134 Å². The van der Waals surface area contributed by atoms with Crippen molar-refractivity contribution in [2.45, 2.75) is 49.8 Å². The van der Waals surface area contributed by atoms with E-state index in [1.165, 1.54) is 39.4 Å². The number of ether oxygens (including phenoxy) is 1. The van der Waals surface area contributed by atoms with E-state index in [0.717, 1.165) is 43.7 Å². The average Bonchev–Trinajstić information content (AvgIpc) is 3.69. The molecule has 0 radical (unpaired) electrons. The van der Waals surface area contributed by atoms with Gasteiger partial charge in [0.05, 0.1) is 11.9 Å². The highest BCUT2D eigenvalue weighted by Crippen LogP contribution is 2.38. The summed E-state index contributed by atoms with van der Waals surface area (Å²) in [5, 5.41) is 19.2. The molecule has 2 fully saturated rings. The van der Waals surface area contributed by atoms with Crippen molar-refractivity contribution < 1.29 is 23.1 Å². The van der Waals surface area contributed by atoms with Gasteiger partial charge in [-0.15, -0.1) is 11.8 Å². The molecule has 46 heavy (non-hydrogen) atoms. The Morgan fingerprint density at radius 3 is 2.67 bits per heavy atom. The third-order valence-electron chi connectivity index (χ3n) is 8.65. The molecule has 0 bridgehead atoms. The molecule has 0 unspecified atom stereocenters. The number of hydrogen-bond acceptors (Lipinski definition) is 9. The summed E-state index contributed by atoms with van der Waals surface area (Å²) >= 11 is 1.41. The summed E-state index contributed by atoms with van der Waals surface area (Å²) < 4.78 is 34.5. The quantitative estimate of drug-likeness (QED) is 0.189. The molecule has 1 saturated carbocycles. The third kappa shape index (κ3) is 6.89. The van der Waals surface area contributed by atoms with Gasteiger partial charge in [-0.2, -0.15) is 19.0 Å². The zero-order chi connectivity index (χ0) is 32.2. The van der Waals surface area contributed by atoms with Crippen molar-refractivity contribution in [1.82, 2.24) is 34.2 Å². The SMILES string of the molecule is CSc1ccc(OC(F)F)c(-c2nn(CC(=O)N3CCN(C4CCC(C=N)CC4)CC3)cc2NC(=O)c2cnn3cccnc23)c1. The molecule has 2 N–H and O–H groups in total. The van der Waals surface area contributed by atoms with E-state index >= 15 is 0 Å². The molecule has 0 spiro atoms. The number of carbonyl (C=O) groups excluding carboxylic acids is 2. The highest BCUT2D eigenvalue weighted by atomic mass is 32.2. The van der Waals surface area contributed by atoms with Gasteiger partial charge in [0.2, 0.25) is 5.91 Å². The van der Waals surface area contributed by atoms with E-state index in [1.54, 1.807) is 36.8 Å². The number of anilines is 1. The lowest BCUT2D eigenvalue weighted by Crippen LogP contribution is -2.53. The van der Waals surface area contributed by atoms with Gasteiger partial charge < -0.3 is 20.4 Å². The van der Waals surface area contributed by atoms with E-state index in [2.05, 4.69) is 25.4 Å². The molecule has 12 nitrogen and oxygen atoms in total. The number of thioether (sulfide) groups is 1. The van der Waals surface area contributed by atoms with Crippen molar-refractivity contribution in [3.8, 4) is 17.0 Å². The first-order valence-corrected chi connectivity index (χ1v) is 16.4. The molecule has 242 valence electrons. The fraction of sp³-hybridized carbons (Fsp3) is 0.419. The van der Waals surface area contributed by atoms with Crippen molar-refractivity contribution >= 4 is 41.1 Å². The van der Waals surface area contributed by atoms with E-state index in [4.69, 9.17) is 10.1 Å². The Morgan fingerprint density at radius 1 is 1.17 bits per heavy atom. The smallest absolute Gasteiger partial charge is 0.387 e. The van der Waals surface area contributed by atoms with Crippen LogP contribution in [0.1, 0.15) is 36.0 Å². The number of alkyl halides is 2. The molecule has 1 aromatic carbocycles. The molecule has 4 aromatic rings. The van der Waals surface area contributed by atoms with Gasteiger partial charge >= 0.3 is 6.61 Å². The van der Waals surface area contributed by atoms with Gasteiger partial charge in [0.15, 0.2) is 5.65 Å². The van der Waals surface area contributed by atoms with Crippen LogP contribution in [0.3, 0.4) is 0 Å². The molecule has 2 amide bonds. The Kier molecular flexibility index (Phi) is 9.59. The summed E-state index contributed by atoms with van der Waals surface area (Å²) in [4.78, 5) is 36.2. The zero-order valence-corrected chi connectivity index (χ0v) is 26.1. The molecule has 15 heteroatoms. The first-order chi connectivity index (χ1) is 22.3. The Hall–Kier alpha value is -4.37. The van der Waals surface area contributed by atoms with E-state index in [-0.39, 0.29) is 40.7 Å². The first-order valence-electron chi connectivity index (χ1n) is 15.2. The molecule has 6 rings (SSSR count). The standard InChI is InChI=1S/C31H35F2N9O3S/c1-46-22-7-8-26(45-31(32)33)23(15-22)28-25(37-30(44)24-17-36-42-10-2-9-35-29(24)42)18-41(38-28)19-27(43)40-13-11-39(12-14-40)21-5-3-20(16-34)4-6-21/h2,7-10,15-18,20-21,31,34H,3-6,11-14,19H2,1H3,(H,37,44). The second-order valence-corrected chi connectivity index (χ2v) is 12.3. The molecular weight excluding hydrogens is 616 g/mol. The fourth-order valence-electron chi connectivity index (χ4n) is 6.20. The molecule has 0 atom stereocenters. The predicted molar refractivity (Wildman–Crippen MR) is 170 cm³/mol. The van der Waals surface area contributed by atoms with Gasteiger partial charge in [0.25, 0.3) is 5.91 Å². The fourth-order valence-corrected chi connectivity index (χ4v) is 6.64. The Balaban J connectivity index is 1.23. The van der Waals surface area contributed by atoms with Crippen molar-refractivity contribution in [3.05, 3.63) is 54.6 Å². The largest absolute Gasteiger partial charge is 0.434 e. The van der Waals surface area contributed by atoms with Gasteiger partial charge in [-0.3, -0.25) is 19.2 Å². The van der Waals surface area contributed by atoms with Gasteiger partial charge in [0.1, 0.15) is 23.6 Å². The van der Waals surface area contributed by atoms with E-state index in [0.29, 0.717) is 30.7 Å². The molecule has 1 saturated heterocycles. The van der Waals surface area contributed by atoms with Gasteiger partial charge in [0, 0.05) is 61.3 Å². The normalized spacial score (nSPS) is 19.0. The average molecular weight is 652 g/mol. The minimum atomic E-state index is -3.07. The van der Waals surface area contributed by atoms with Crippen LogP contribution in [-0.4, -0.2) is 97.3 Å². The number of nitrogens with one attached hydrogen (secondary N) is 2. The highest BCUT2D eigenvalue weighted by molar-refractivity contribution is 7.98. The molecule has 2 aliphatic rings. The second kappa shape index (κ2) is 14.0. The lowest BCUT2D eigenvalue weighted by Gasteiger charge is -2.41. The van der Waals surface area contributed by atoms with Crippen molar-refractivity contribution in [3.63, 3.8) is 0 Å². The number of benzene rings is 1. The predicted octanol–water partition coefficient (Wildman–Crippen LogP) is 4.52. The van der Waals surface area contributed by atoms with Crippen LogP contribution < -0.4 is 10.1 Å². The maximum absolute atomic E-state index is 13.4. The van der Waals surface area contributed by atoms with Gasteiger partial charge in [-0.25, -0.2) is 9.50 Å². The number of hydrogen-bond donors (Lipinski definition) is 2. The summed E-state index contributed by atoms with van der Waals surface area (Å²) in [6, 6.07) is 6.94. The summed E-state index contributed by atoms with van der Waals surface area (Å²) in [6.45, 7) is -0.439. The molecule has 3 aromatic heterocycles. The Labute approximate surface area is 268 Å². The number of piperazine rings is 1. The van der Waals surface area contributed by atoms with Crippen LogP contribution in [0.4, 0.5) is 14.5 Å². The van der Waals surface area contributed by atoms with Crippen molar-refractivity contribution in [1.29, 1.82) is 5.41 Å². The van der Waals surface area contributed by atoms with Crippen LogP contribution in [0.25, 0.3) is 16.9 Å². The van der Waals surface area contributed by atoms with Crippen LogP contribution in [-0.2, 0) is 11.3 Å². The second-order valence-electron chi connectivity index (χ2n) is 11.4. The van der Waals surface area contributed by atoms with Gasteiger partial charge in [-0.05, 0) is 68.3 Å². The number of fused-ring (bicyclic) bond motifs is 1. The monoisotopic (exact) mass is 651 g/mol. The minimum absolute atomic E-state index is 0.0984. The van der Waals surface area contributed by atoms with Crippen LogP contribution >= 0.6 is 11.8 Å². The molecule has 1 aliphatic carbocycles. The minimum Gasteiger partial charge on any atom is -0.434 e. The number of rotatable bonds is 10. The maximum Gasteiger partial charge on any atom is 0.387 e. The molecule has 1 aliphatic heterocycles. The lowest BCUT2D eigenvalue weighted by molar-refractivity contribution is -0.134. The molecule has 4 heterocycles. The van der Waals surface area contributed by atoms with Crippen LogP contribution in [0, 0.1) is 11.3 Å².